The molecule has 0 spiro atoms. The first-order valence-corrected chi connectivity index (χ1v) is 6.72. The summed E-state index contributed by atoms with van der Waals surface area (Å²) in [5.41, 5.74) is 0.945. The first-order chi connectivity index (χ1) is 8.22. The largest absolute Gasteiger partial charge is 0.504 e. The van der Waals surface area contributed by atoms with Crippen molar-refractivity contribution >= 4 is 15.9 Å². The SMILES string of the molecule is COc1ccc(Br)c(CC2C=CCCC2)c1O. The van der Waals surface area contributed by atoms with E-state index in [4.69, 9.17) is 4.74 Å². The Morgan fingerprint density at radius 3 is 2.94 bits per heavy atom. The normalized spacial score (nSPS) is 19.3. The molecule has 0 aliphatic heterocycles. The molecule has 0 radical (unpaired) electrons. The summed E-state index contributed by atoms with van der Waals surface area (Å²) in [7, 11) is 1.58. The zero-order valence-electron chi connectivity index (χ0n) is 9.95. The molecule has 17 heavy (non-hydrogen) atoms. The van der Waals surface area contributed by atoms with Gasteiger partial charge in [-0.05, 0) is 43.7 Å². The summed E-state index contributed by atoms with van der Waals surface area (Å²) in [6, 6.07) is 3.71. The van der Waals surface area contributed by atoms with Crippen LogP contribution in [0.1, 0.15) is 24.8 Å². The predicted molar refractivity (Wildman–Crippen MR) is 72.5 cm³/mol. The van der Waals surface area contributed by atoms with E-state index in [9.17, 15) is 5.11 Å². The van der Waals surface area contributed by atoms with Crippen LogP contribution in [0.2, 0.25) is 0 Å². The highest BCUT2D eigenvalue weighted by Crippen LogP contribution is 2.37. The van der Waals surface area contributed by atoms with Gasteiger partial charge in [0.05, 0.1) is 7.11 Å². The van der Waals surface area contributed by atoms with Crippen molar-refractivity contribution in [2.45, 2.75) is 25.7 Å². The molecule has 2 nitrogen and oxygen atoms in total. The minimum atomic E-state index is 0.265. The van der Waals surface area contributed by atoms with Crippen molar-refractivity contribution in [3.05, 3.63) is 34.3 Å². The number of hydrogen-bond donors (Lipinski definition) is 1. The number of rotatable bonds is 3. The van der Waals surface area contributed by atoms with Gasteiger partial charge in [-0.25, -0.2) is 0 Å². The molecule has 1 aliphatic carbocycles. The topological polar surface area (TPSA) is 29.5 Å². The minimum absolute atomic E-state index is 0.265. The third kappa shape index (κ3) is 2.83. The van der Waals surface area contributed by atoms with Crippen molar-refractivity contribution in [2.75, 3.05) is 7.11 Å². The van der Waals surface area contributed by atoms with Crippen molar-refractivity contribution < 1.29 is 9.84 Å². The van der Waals surface area contributed by atoms with Crippen LogP contribution < -0.4 is 4.74 Å². The number of aromatic hydroxyl groups is 1. The van der Waals surface area contributed by atoms with Crippen LogP contribution in [0.3, 0.4) is 0 Å². The predicted octanol–water partition coefficient (Wildman–Crippen LogP) is 4.06. The number of phenolic OH excluding ortho intramolecular Hbond substituents is 1. The molecule has 1 aromatic carbocycles. The summed E-state index contributed by atoms with van der Waals surface area (Å²) in [4.78, 5) is 0. The zero-order valence-corrected chi connectivity index (χ0v) is 11.5. The monoisotopic (exact) mass is 296 g/mol. The van der Waals surface area contributed by atoms with E-state index in [1.165, 1.54) is 19.3 Å². The van der Waals surface area contributed by atoms with E-state index in [-0.39, 0.29) is 5.75 Å². The fraction of sp³-hybridized carbons (Fsp3) is 0.429. The van der Waals surface area contributed by atoms with E-state index < -0.39 is 0 Å². The molecule has 0 saturated carbocycles. The van der Waals surface area contributed by atoms with Crippen molar-refractivity contribution in [3.63, 3.8) is 0 Å². The van der Waals surface area contributed by atoms with Crippen LogP contribution in [0.15, 0.2) is 28.8 Å². The van der Waals surface area contributed by atoms with Gasteiger partial charge in [-0.3, -0.25) is 0 Å². The van der Waals surface area contributed by atoms with E-state index in [2.05, 4.69) is 28.1 Å². The first kappa shape index (κ1) is 12.5. The fourth-order valence-electron chi connectivity index (χ4n) is 2.26. The van der Waals surface area contributed by atoms with Gasteiger partial charge in [0.15, 0.2) is 11.5 Å². The Morgan fingerprint density at radius 2 is 2.29 bits per heavy atom. The molecule has 2 rings (SSSR count). The number of allylic oxidation sites excluding steroid dienone is 2. The molecule has 1 aromatic rings. The molecule has 0 fully saturated rings. The average Bonchev–Trinajstić information content (AvgIpc) is 2.36. The molecular weight excluding hydrogens is 280 g/mol. The van der Waals surface area contributed by atoms with Crippen molar-refractivity contribution in [3.8, 4) is 11.5 Å². The molecule has 1 atom stereocenters. The number of halogens is 1. The number of methoxy groups -OCH3 is 1. The molecule has 92 valence electrons. The van der Waals surface area contributed by atoms with Crippen LogP contribution in [-0.2, 0) is 6.42 Å². The van der Waals surface area contributed by atoms with Crippen LogP contribution in [0.4, 0.5) is 0 Å². The van der Waals surface area contributed by atoms with E-state index in [1.807, 2.05) is 6.07 Å². The van der Waals surface area contributed by atoms with Crippen molar-refractivity contribution in [2.24, 2.45) is 5.92 Å². The summed E-state index contributed by atoms with van der Waals surface area (Å²) in [6.45, 7) is 0. The Morgan fingerprint density at radius 1 is 1.47 bits per heavy atom. The summed E-state index contributed by atoms with van der Waals surface area (Å²) >= 11 is 3.50. The lowest BCUT2D eigenvalue weighted by Gasteiger charge is -2.18. The van der Waals surface area contributed by atoms with E-state index >= 15 is 0 Å². The molecular formula is C14H17BrO2. The molecule has 1 unspecified atom stereocenters. The molecule has 1 N–H and O–H groups in total. The fourth-order valence-corrected chi connectivity index (χ4v) is 2.75. The van der Waals surface area contributed by atoms with Gasteiger partial charge in [0.1, 0.15) is 0 Å². The maximum absolute atomic E-state index is 10.1. The summed E-state index contributed by atoms with van der Waals surface area (Å²) < 4.78 is 6.09. The third-order valence-electron chi connectivity index (χ3n) is 3.23. The lowest BCUT2D eigenvalue weighted by molar-refractivity contribution is 0.368. The van der Waals surface area contributed by atoms with Crippen molar-refractivity contribution in [1.82, 2.24) is 0 Å². The van der Waals surface area contributed by atoms with Gasteiger partial charge in [0.2, 0.25) is 0 Å². The maximum atomic E-state index is 10.1. The molecule has 0 amide bonds. The lowest BCUT2D eigenvalue weighted by atomic mass is 9.89. The van der Waals surface area contributed by atoms with Crippen LogP contribution in [0, 0.1) is 5.92 Å². The summed E-state index contributed by atoms with van der Waals surface area (Å²) in [5, 5.41) is 10.1. The molecule has 3 heteroatoms. The highest BCUT2D eigenvalue weighted by atomic mass is 79.9. The number of benzene rings is 1. The molecule has 0 heterocycles. The molecule has 0 aromatic heterocycles. The van der Waals surface area contributed by atoms with Gasteiger partial charge in [0, 0.05) is 10.0 Å². The zero-order chi connectivity index (χ0) is 12.3. The molecule has 1 aliphatic rings. The minimum Gasteiger partial charge on any atom is -0.504 e. The van der Waals surface area contributed by atoms with Crippen molar-refractivity contribution in [1.29, 1.82) is 0 Å². The van der Waals surface area contributed by atoms with Gasteiger partial charge >= 0.3 is 0 Å². The van der Waals surface area contributed by atoms with E-state index in [1.54, 1.807) is 13.2 Å². The van der Waals surface area contributed by atoms with Crippen LogP contribution in [0.5, 0.6) is 11.5 Å². The molecule has 0 bridgehead atoms. The summed E-state index contributed by atoms with van der Waals surface area (Å²) in [6.07, 6.45) is 8.97. The second-order valence-electron chi connectivity index (χ2n) is 4.40. The van der Waals surface area contributed by atoms with Crippen LogP contribution in [-0.4, -0.2) is 12.2 Å². The number of hydrogen-bond acceptors (Lipinski definition) is 2. The Labute approximate surface area is 110 Å². The van der Waals surface area contributed by atoms with Gasteiger partial charge in [0.25, 0.3) is 0 Å². The quantitative estimate of drug-likeness (QED) is 0.852. The highest BCUT2D eigenvalue weighted by molar-refractivity contribution is 9.10. The van der Waals surface area contributed by atoms with Gasteiger partial charge < -0.3 is 9.84 Å². The smallest absolute Gasteiger partial charge is 0.162 e. The standard InChI is InChI=1S/C14H17BrO2/c1-17-13-8-7-12(15)11(14(13)16)9-10-5-3-2-4-6-10/h3,5,7-8,10,16H,2,4,6,9H2,1H3. The van der Waals surface area contributed by atoms with Gasteiger partial charge in [-0.2, -0.15) is 0 Å². The van der Waals surface area contributed by atoms with Crippen LogP contribution >= 0.6 is 15.9 Å². The average molecular weight is 297 g/mol. The van der Waals surface area contributed by atoms with E-state index in [0.717, 1.165) is 16.5 Å². The molecule has 0 saturated heterocycles. The van der Waals surface area contributed by atoms with Gasteiger partial charge in [-0.1, -0.05) is 28.1 Å². The Bertz CT molecular complexity index is 426. The highest BCUT2D eigenvalue weighted by Gasteiger charge is 2.16. The third-order valence-corrected chi connectivity index (χ3v) is 3.97. The number of phenols is 1. The second-order valence-corrected chi connectivity index (χ2v) is 5.25. The Kier molecular flexibility index (Phi) is 4.11. The van der Waals surface area contributed by atoms with Crippen LogP contribution in [0.25, 0.3) is 0 Å². The first-order valence-electron chi connectivity index (χ1n) is 5.93. The van der Waals surface area contributed by atoms with E-state index in [0.29, 0.717) is 11.7 Å². The summed E-state index contributed by atoms with van der Waals surface area (Å²) in [5.74, 6) is 1.34. The Hall–Kier alpha value is -0.960. The lowest BCUT2D eigenvalue weighted by Crippen LogP contribution is -2.05. The number of ether oxygens (including phenoxy) is 1. The second kappa shape index (κ2) is 5.58. The maximum Gasteiger partial charge on any atom is 0.162 e. The Balaban J connectivity index is 2.24. The van der Waals surface area contributed by atoms with Gasteiger partial charge in [-0.15, -0.1) is 0 Å².